The van der Waals surface area contributed by atoms with Crippen LogP contribution in [0.25, 0.3) is 10.9 Å². The lowest BCUT2D eigenvalue weighted by atomic mass is 10.1. The Morgan fingerprint density at radius 1 is 1.16 bits per heavy atom. The number of hydrogen-bond acceptors (Lipinski definition) is 5. The number of aromatic nitrogens is 2. The maximum atomic E-state index is 12.8. The molecule has 3 rings (SSSR count). The molecule has 0 spiro atoms. The van der Waals surface area contributed by atoms with E-state index in [9.17, 15) is 10.1 Å². The first kappa shape index (κ1) is 17.2. The van der Waals surface area contributed by atoms with Gasteiger partial charge in [0, 0.05) is 18.9 Å². The van der Waals surface area contributed by atoms with E-state index >= 15 is 0 Å². The zero-order valence-corrected chi connectivity index (χ0v) is 14.4. The van der Waals surface area contributed by atoms with Crippen molar-refractivity contribution in [3.8, 4) is 6.07 Å². The molecule has 1 N–H and O–H groups in total. The number of fused-ring (bicyclic) bond motifs is 1. The molecule has 0 saturated carbocycles. The van der Waals surface area contributed by atoms with E-state index in [-0.39, 0.29) is 12.2 Å². The summed E-state index contributed by atoms with van der Waals surface area (Å²) < 4.78 is 1.61. The van der Waals surface area contributed by atoms with Gasteiger partial charge in [-0.2, -0.15) is 5.26 Å². The van der Waals surface area contributed by atoms with Crippen molar-refractivity contribution in [2.24, 2.45) is 0 Å². The summed E-state index contributed by atoms with van der Waals surface area (Å²) in [5, 5.41) is 19.5. The SMILES string of the molecule is N#Cc1ccccc1CSc1nc2ccccc2c(=O)n1CCCO. The summed E-state index contributed by atoms with van der Waals surface area (Å²) in [6.45, 7) is 0.427. The molecule has 0 fully saturated rings. The number of aliphatic hydroxyl groups excluding tert-OH is 1. The molecule has 0 unspecified atom stereocenters. The van der Waals surface area contributed by atoms with Gasteiger partial charge in [0.05, 0.1) is 22.5 Å². The van der Waals surface area contributed by atoms with E-state index < -0.39 is 0 Å². The van der Waals surface area contributed by atoms with Crippen molar-refractivity contribution in [2.45, 2.75) is 23.9 Å². The molecule has 0 aliphatic carbocycles. The fourth-order valence-corrected chi connectivity index (χ4v) is 3.61. The van der Waals surface area contributed by atoms with Gasteiger partial charge < -0.3 is 5.11 Å². The Kier molecular flexibility index (Phi) is 5.49. The second-order valence-electron chi connectivity index (χ2n) is 5.50. The first-order valence-electron chi connectivity index (χ1n) is 7.96. The molecule has 6 heteroatoms. The zero-order chi connectivity index (χ0) is 17.6. The van der Waals surface area contributed by atoms with Gasteiger partial charge in [-0.1, -0.05) is 42.1 Å². The second kappa shape index (κ2) is 7.97. The average Bonchev–Trinajstić information content (AvgIpc) is 2.66. The van der Waals surface area contributed by atoms with Crippen LogP contribution in [-0.2, 0) is 12.3 Å². The summed E-state index contributed by atoms with van der Waals surface area (Å²) in [7, 11) is 0. The smallest absolute Gasteiger partial charge is 0.262 e. The van der Waals surface area contributed by atoms with Gasteiger partial charge in [-0.25, -0.2) is 4.98 Å². The number of para-hydroxylation sites is 1. The number of rotatable bonds is 6. The quantitative estimate of drug-likeness (QED) is 0.546. The van der Waals surface area contributed by atoms with Crippen LogP contribution >= 0.6 is 11.8 Å². The van der Waals surface area contributed by atoms with Crippen LogP contribution < -0.4 is 5.56 Å². The van der Waals surface area contributed by atoms with Gasteiger partial charge in [-0.05, 0) is 30.2 Å². The maximum absolute atomic E-state index is 12.8. The highest BCUT2D eigenvalue weighted by molar-refractivity contribution is 7.98. The molecule has 25 heavy (non-hydrogen) atoms. The van der Waals surface area contributed by atoms with Crippen molar-refractivity contribution in [1.82, 2.24) is 9.55 Å². The third kappa shape index (κ3) is 3.73. The van der Waals surface area contributed by atoms with E-state index in [2.05, 4.69) is 11.1 Å². The molecule has 0 saturated heterocycles. The van der Waals surface area contributed by atoms with Crippen LogP contribution in [0.15, 0.2) is 58.5 Å². The minimum Gasteiger partial charge on any atom is -0.396 e. The van der Waals surface area contributed by atoms with Gasteiger partial charge in [0.2, 0.25) is 0 Å². The third-order valence-corrected chi connectivity index (χ3v) is 4.89. The van der Waals surface area contributed by atoms with Crippen molar-refractivity contribution >= 4 is 22.7 Å². The van der Waals surface area contributed by atoms with Gasteiger partial charge in [-0.3, -0.25) is 9.36 Å². The predicted octanol–water partition coefficient (Wildman–Crippen LogP) is 2.94. The zero-order valence-electron chi connectivity index (χ0n) is 13.6. The average molecular weight is 351 g/mol. The Balaban J connectivity index is 1.99. The highest BCUT2D eigenvalue weighted by Gasteiger charge is 2.12. The van der Waals surface area contributed by atoms with Gasteiger partial charge in [0.15, 0.2) is 5.16 Å². The van der Waals surface area contributed by atoms with Crippen LogP contribution in [0.4, 0.5) is 0 Å². The maximum Gasteiger partial charge on any atom is 0.262 e. The summed E-state index contributed by atoms with van der Waals surface area (Å²) in [5.74, 6) is 0.549. The molecule has 0 bridgehead atoms. The van der Waals surface area contributed by atoms with Crippen LogP contribution in [-0.4, -0.2) is 21.3 Å². The minimum absolute atomic E-state index is 0.0145. The summed E-state index contributed by atoms with van der Waals surface area (Å²) in [6, 6.07) is 16.8. The molecule has 1 heterocycles. The Bertz CT molecular complexity index is 992. The predicted molar refractivity (Wildman–Crippen MR) is 98.4 cm³/mol. The molecular formula is C19H17N3O2S. The molecule has 126 valence electrons. The second-order valence-corrected chi connectivity index (χ2v) is 6.45. The number of aliphatic hydroxyl groups is 1. The fraction of sp³-hybridized carbons (Fsp3) is 0.211. The van der Waals surface area contributed by atoms with E-state index in [1.807, 2.05) is 36.4 Å². The van der Waals surface area contributed by atoms with Crippen LogP contribution in [0, 0.1) is 11.3 Å². The van der Waals surface area contributed by atoms with Crippen molar-refractivity contribution in [2.75, 3.05) is 6.61 Å². The molecule has 0 atom stereocenters. The molecule has 0 aliphatic heterocycles. The van der Waals surface area contributed by atoms with Crippen molar-refractivity contribution < 1.29 is 5.11 Å². The first-order chi connectivity index (χ1) is 12.2. The largest absolute Gasteiger partial charge is 0.396 e. The number of benzene rings is 2. The monoisotopic (exact) mass is 351 g/mol. The van der Waals surface area contributed by atoms with Crippen molar-refractivity contribution in [1.29, 1.82) is 5.26 Å². The van der Waals surface area contributed by atoms with Gasteiger partial charge in [-0.15, -0.1) is 0 Å². The van der Waals surface area contributed by atoms with Crippen LogP contribution in [0.2, 0.25) is 0 Å². The van der Waals surface area contributed by atoms with Crippen LogP contribution in [0.3, 0.4) is 0 Å². The summed E-state index contributed by atoms with van der Waals surface area (Å²) in [6.07, 6.45) is 0.488. The topological polar surface area (TPSA) is 78.9 Å². The molecule has 3 aromatic rings. The lowest BCUT2D eigenvalue weighted by Crippen LogP contribution is -2.24. The Morgan fingerprint density at radius 2 is 1.92 bits per heavy atom. The van der Waals surface area contributed by atoms with Crippen LogP contribution in [0.1, 0.15) is 17.5 Å². The lowest BCUT2D eigenvalue weighted by molar-refractivity contribution is 0.276. The van der Waals surface area contributed by atoms with Gasteiger partial charge >= 0.3 is 0 Å². The normalized spacial score (nSPS) is 10.7. The number of nitrogens with zero attached hydrogens (tertiary/aromatic N) is 3. The number of nitriles is 1. The molecule has 5 nitrogen and oxygen atoms in total. The Labute approximate surface area is 149 Å². The number of thioether (sulfide) groups is 1. The third-order valence-electron chi connectivity index (χ3n) is 3.86. The van der Waals surface area contributed by atoms with E-state index in [4.69, 9.17) is 5.11 Å². The first-order valence-corrected chi connectivity index (χ1v) is 8.94. The van der Waals surface area contributed by atoms with Crippen molar-refractivity contribution in [3.05, 3.63) is 70.0 Å². The summed E-state index contributed by atoms with van der Waals surface area (Å²) in [5.41, 5.74) is 2.09. The summed E-state index contributed by atoms with van der Waals surface area (Å²) >= 11 is 1.43. The lowest BCUT2D eigenvalue weighted by Gasteiger charge is -2.13. The van der Waals surface area contributed by atoms with Gasteiger partial charge in [0.25, 0.3) is 5.56 Å². The minimum atomic E-state index is -0.102. The molecule has 2 aromatic carbocycles. The van der Waals surface area contributed by atoms with E-state index in [1.165, 1.54) is 11.8 Å². The molecule has 1 aromatic heterocycles. The highest BCUT2D eigenvalue weighted by Crippen LogP contribution is 2.24. The highest BCUT2D eigenvalue weighted by atomic mass is 32.2. The Morgan fingerprint density at radius 3 is 2.72 bits per heavy atom. The van der Waals surface area contributed by atoms with E-state index in [0.29, 0.717) is 40.3 Å². The van der Waals surface area contributed by atoms with E-state index in [1.54, 1.807) is 16.7 Å². The molecule has 0 aliphatic rings. The van der Waals surface area contributed by atoms with Gasteiger partial charge in [0.1, 0.15) is 0 Å². The molecule has 0 amide bonds. The molecule has 0 radical (unpaired) electrons. The summed E-state index contributed by atoms with van der Waals surface area (Å²) in [4.78, 5) is 17.4. The van der Waals surface area contributed by atoms with Crippen molar-refractivity contribution in [3.63, 3.8) is 0 Å². The number of hydrogen-bond donors (Lipinski definition) is 1. The van der Waals surface area contributed by atoms with E-state index in [0.717, 1.165) is 5.56 Å². The fourth-order valence-electron chi connectivity index (χ4n) is 2.58. The standard InChI is InChI=1S/C19H17N3O2S/c20-12-14-6-1-2-7-15(14)13-25-19-21-17-9-4-3-8-16(17)18(24)22(19)10-5-11-23/h1-4,6-9,23H,5,10-11,13H2. The van der Waals surface area contributed by atoms with Crippen LogP contribution in [0.5, 0.6) is 0 Å². The Hall–Kier alpha value is -2.62. The molecular weight excluding hydrogens is 334 g/mol.